The number of nitrogens with one attached hydrogen (secondary N) is 1. The predicted molar refractivity (Wildman–Crippen MR) is 38.3 cm³/mol. The van der Waals surface area contributed by atoms with Gasteiger partial charge in [-0.15, -0.1) is 0 Å². The summed E-state index contributed by atoms with van der Waals surface area (Å²) < 4.78 is 0. The van der Waals surface area contributed by atoms with Crippen LogP contribution in [0.2, 0.25) is 0 Å². The van der Waals surface area contributed by atoms with Crippen molar-refractivity contribution in [2.24, 2.45) is 4.99 Å². The van der Waals surface area contributed by atoms with E-state index >= 15 is 0 Å². The van der Waals surface area contributed by atoms with Crippen LogP contribution in [-0.2, 0) is 0 Å². The average molecular weight is 138 g/mol. The van der Waals surface area contributed by atoms with Crippen molar-refractivity contribution in [1.29, 1.82) is 5.26 Å². The van der Waals surface area contributed by atoms with Gasteiger partial charge in [0.1, 0.15) is 0 Å². The Morgan fingerprint density at radius 1 is 1.80 bits per heavy atom. The van der Waals surface area contributed by atoms with Crippen LogP contribution in [0.5, 0.6) is 0 Å². The van der Waals surface area contributed by atoms with Crippen LogP contribution in [0.3, 0.4) is 0 Å². The molecule has 0 aromatic rings. The van der Waals surface area contributed by atoms with Crippen molar-refractivity contribution in [2.45, 2.75) is 6.42 Å². The van der Waals surface area contributed by atoms with Crippen molar-refractivity contribution < 1.29 is 0 Å². The Bertz CT molecular complexity index is 179. The maximum atomic E-state index is 8.27. The van der Waals surface area contributed by atoms with Crippen LogP contribution in [0.1, 0.15) is 6.42 Å². The molecule has 4 heteroatoms. The highest BCUT2D eigenvalue weighted by Gasteiger charge is 2.08. The summed E-state index contributed by atoms with van der Waals surface area (Å²) in [4.78, 5) is 6.05. The lowest BCUT2D eigenvalue weighted by atomic mass is 10.3. The van der Waals surface area contributed by atoms with Gasteiger partial charge in [0, 0.05) is 20.1 Å². The topological polar surface area (TPSA) is 51.4 Å². The Kier molecular flexibility index (Phi) is 2.11. The lowest BCUT2D eigenvalue weighted by molar-refractivity contribution is 0.455. The van der Waals surface area contributed by atoms with Crippen LogP contribution in [0.4, 0.5) is 0 Å². The molecule has 0 saturated carbocycles. The van der Waals surface area contributed by atoms with E-state index in [4.69, 9.17) is 5.26 Å². The molecule has 0 aromatic carbocycles. The summed E-state index contributed by atoms with van der Waals surface area (Å²) >= 11 is 0. The van der Waals surface area contributed by atoms with E-state index in [1.54, 1.807) is 0 Å². The van der Waals surface area contributed by atoms with Gasteiger partial charge in [0.05, 0.1) is 0 Å². The Balaban J connectivity index is 2.55. The molecule has 0 radical (unpaired) electrons. The summed E-state index contributed by atoms with van der Waals surface area (Å²) in [5.74, 6) is 0.689. The van der Waals surface area contributed by atoms with Gasteiger partial charge in [0.15, 0.2) is 6.19 Å². The van der Waals surface area contributed by atoms with Gasteiger partial charge in [0.2, 0.25) is 5.96 Å². The summed E-state index contributed by atoms with van der Waals surface area (Å²) in [5, 5.41) is 10.8. The third-order valence-electron chi connectivity index (χ3n) is 1.44. The Labute approximate surface area is 60.2 Å². The number of rotatable bonds is 0. The monoisotopic (exact) mass is 138 g/mol. The molecule has 0 amide bonds. The minimum Gasteiger partial charge on any atom is -0.345 e. The minimum absolute atomic E-state index is 0.689. The van der Waals surface area contributed by atoms with Crippen molar-refractivity contribution >= 4 is 5.96 Å². The first kappa shape index (κ1) is 6.87. The molecule has 10 heavy (non-hydrogen) atoms. The SMILES string of the molecule is CN1CCCN=C1NC#N. The molecule has 54 valence electrons. The van der Waals surface area contributed by atoms with Gasteiger partial charge in [-0.2, -0.15) is 5.26 Å². The third-order valence-corrected chi connectivity index (χ3v) is 1.44. The van der Waals surface area contributed by atoms with Crippen molar-refractivity contribution in [3.63, 3.8) is 0 Å². The minimum atomic E-state index is 0.689. The number of nitriles is 1. The lowest BCUT2D eigenvalue weighted by Crippen LogP contribution is -2.39. The van der Waals surface area contributed by atoms with Crippen molar-refractivity contribution in [3.05, 3.63) is 0 Å². The molecule has 0 atom stereocenters. The summed E-state index contributed by atoms with van der Waals surface area (Å²) in [6.07, 6.45) is 2.92. The zero-order valence-electron chi connectivity index (χ0n) is 5.96. The first-order valence-corrected chi connectivity index (χ1v) is 3.25. The zero-order valence-corrected chi connectivity index (χ0v) is 5.96. The van der Waals surface area contributed by atoms with Crippen LogP contribution in [0.25, 0.3) is 0 Å². The van der Waals surface area contributed by atoms with Crippen molar-refractivity contribution in [2.75, 3.05) is 20.1 Å². The van der Waals surface area contributed by atoms with E-state index in [-0.39, 0.29) is 0 Å². The number of hydrogen-bond acceptors (Lipinski definition) is 4. The largest absolute Gasteiger partial charge is 0.345 e. The van der Waals surface area contributed by atoms with E-state index in [1.165, 1.54) is 0 Å². The molecular formula is C6H10N4. The molecule has 1 rings (SSSR count). The molecule has 1 aliphatic rings. The van der Waals surface area contributed by atoms with E-state index in [0.29, 0.717) is 5.96 Å². The number of guanidine groups is 1. The molecule has 0 unspecified atom stereocenters. The Hall–Kier alpha value is -1.24. The van der Waals surface area contributed by atoms with Gasteiger partial charge < -0.3 is 4.90 Å². The van der Waals surface area contributed by atoms with Gasteiger partial charge >= 0.3 is 0 Å². The third kappa shape index (κ3) is 1.38. The number of hydrogen-bond donors (Lipinski definition) is 1. The normalized spacial score (nSPS) is 17.6. The molecule has 0 bridgehead atoms. The van der Waals surface area contributed by atoms with Gasteiger partial charge in [-0.1, -0.05) is 0 Å². The molecule has 1 heterocycles. The Morgan fingerprint density at radius 3 is 3.20 bits per heavy atom. The average Bonchev–Trinajstić information content (AvgIpc) is 1.94. The van der Waals surface area contributed by atoms with Crippen LogP contribution in [0, 0.1) is 11.5 Å². The fourth-order valence-corrected chi connectivity index (χ4v) is 0.904. The number of aliphatic imine (C=N–C) groups is 1. The molecule has 1 N–H and O–H groups in total. The molecule has 1 aliphatic heterocycles. The second kappa shape index (κ2) is 3.06. The molecule has 0 saturated heterocycles. The van der Waals surface area contributed by atoms with Crippen LogP contribution in [-0.4, -0.2) is 31.0 Å². The molecule has 0 spiro atoms. The second-order valence-electron chi connectivity index (χ2n) is 2.22. The van der Waals surface area contributed by atoms with Crippen LogP contribution >= 0.6 is 0 Å². The summed E-state index contributed by atoms with van der Waals surface area (Å²) in [6, 6.07) is 0. The van der Waals surface area contributed by atoms with Crippen LogP contribution < -0.4 is 5.32 Å². The Morgan fingerprint density at radius 2 is 2.60 bits per heavy atom. The highest BCUT2D eigenvalue weighted by Crippen LogP contribution is 1.96. The maximum absolute atomic E-state index is 8.27. The van der Waals surface area contributed by atoms with E-state index in [1.807, 2.05) is 18.1 Å². The van der Waals surface area contributed by atoms with Crippen molar-refractivity contribution in [1.82, 2.24) is 10.2 Å². The fourth-order valence-electron chi connectivity index (χ4n) is 0.904. The molecular weight excluding hydrogens is 128 g/mol. The zero-order chi connectivity index (χ0) is 7.40. The van der Waals surface area contributed by atoms with E-state index in [0.717, 1.165) is 19.5 Å². The smallest absolute Gasteiger partial charge is 0.207 e. The highest BCUT2D eigenvalue weighted by atomic mass is 15.3. The first-order valence-electron chi connectivity index (χ1n) is 3.25. The molecule has 0 aromatic heterocycles. The number of nitrogens with zero attached hydrogens (tertiary/aromatic N) is 3. The predicted octanol–water partition coefficient (Wildman–Crippen LogP) is -0.251. The van der Waals surface area contributed by atoms with Gasteiger partial charge in [-0.3, -0.25) is 10.3 Å². The summed E-state index contributed by atoms with van der Waals surface area (Å²) in [6.45, 7) is 1.81. The van der Waals surface area contributed by atoms with E-state index in [9.17, 15) is 0 Å². The fraction of sp³-hybridized carbons (Fsp3) is 0.667. The van der Waals surface area contributed by atoms with Gasteiger partial charge in [-0.05, 0) is 6.42 Å². The van der Waals surface area contributed by atoms with Crippen LogP contribution in [0.15, 0.2) is 4.99 Å². The van der Waals surface area contributed by atoms with Gasteiger partial charge in [0.25, 0.3) is 0 Å². The summed E-state index contributed by atoms with van der Waals surface area (Å²) in [5.41, 5.74) is 0. The van der Waals surface area contributed by atoms with Crippen molar-refractivity contribution in [3.8, 4) is 6.19 Å². The quantitative estimate of drug-likeness (QED) is 0.371. The second-order valence-corrected chi connectivity index (χ2v) is 2.22. The summed E-state index contributed by atoms with van der Waals surface area (Å²) in [7, 11) is 1.92. The molecule has 0 fully saturated rings. The lowest BCUT2D eigenvalue weighted by Gasteiger charge is -2.22. The van der Waals surface area contributed by atoms with Gasteiger partial charge in [-0.25, -0.2) is 0 Å². The first-order chi connectivity index (χ1) is 4.84. The molecule has 4 nitrogen and oxygen atoms in total. The van der Waals surface area contributed by atoms with E-state index < -0.39 is 0 Å². The maximum Gasteiger partial charge on any atom is 0.207 e. The van der Waals surface area contributed by atoms with E-state index in [2.05, 4.69) is 10.3 Å². The molecule has 0 aliphatic carbocycles. The standard InChI is InChI=1S/C6H10N4/c1-10-4-2-3-8-6(10)9-5-7/h2-4H2,1H3,(H,8,9). The highest BCUT2D eigenvalue weighted by molar-refractivity contribution is 5.81.